The number of primary sulfonamides is 1. The van der Waals surface area contributed by atoms with E-state index < -0.39 is 10.0 Å². The van der Waals surface area contributed by atoms with Crippen LogP contribution in [0.2, 0.25) is 5.02 Å². The maximum atomic E-state index is 12.5. The lowest BCUT2D eigenvalue weighted by atomic mass is 10.1. The van der Waals surface area contributed by atoms with Crippen LogP contribution in [0.5, 0.6) is 0 Å². The van der Waals surface area contributed by atoms with Gasteiger partial charge in [0.2, 0.25) is 10.0 Å². The first-order valence-corrected chi connectivity index (χ1v) is 9.30. The summed E-state index contributed by atoms with van der Waals surface area (Å²) in [7, 11) is -2.33. The van der Waals surface area contributed by atoms with E-state index in [-0.39, 0.29) is 21.4 Å². The number of nitrogens with zero attached hydrogens (tertiary/aromatic N) is 1. The second-order valence-corrected chi connectivity index (χ2v) is 7.46. The molecule has 0 saturated carbocycles. The van der Waals surface area contributed by atoms with Crippen molar-refractivity contribution in [3.8, 4) is 0 Å². The van der Waals surface area contributed by atoms with Gasteiger partial charge in [-0.2, -0.15) is 0 Å². The molecule has 0 aliphatic rings. The number of rotatable bonds is 5. The highest BCUT2D eigenvalue weighted by Crippen LogP contribution is 2.22. The number of hydrogen-bond acceptors (Lipinski definition) is 3. The van der Waals surface area contributed by atoms with E-state index in [0.29, 0.717) is 6.54 Å². The fourth-order valence-electron chi connectivity index (χ4n) is 2.30. The molecule has 24 heavy (non-hydrogen) atoms. The van der Waals surface area contributed by atoms with Crippen LogP contribution < -0.4 is 5.14 Å². The zero-order chi connectivity index (χ0) is 17.9. The molecule has 0 spiro atoms. The van der Waals surface area contributed by atoms with Crippen LogP contribution in [0.3, 0.4) is 0 Å². The summed E-state index contributed by atoms with van der Waals surface area (Å²) in [4.78, 5) is 13.8. The van der Waals surface area contributed by atoms with Crippen LogP contribution in [-0.2, 0) is 23.0 Å². The number of hydrogen-bond donors (Lipinski definition) is 1. The standard InChI is InChI=1S/C17H19ClN2O3S/c1-3-12-4-6-13(7-5-12)11-20(2)17(21)14-8-9-15(18)16(10-14)24(19,22)23/h4-10H,3,11H2,1-2H3,(H2,19,22,23). The number of benzene rings is 2. The smallest absolute Gasteiger partial charge is 0.253 e. The molecule has 0 radical (unpaired) electrons. The lowest BCUT2D eigenvalue weighted by molar-refractivity contribution is 0.0785. The fraction of sp³-hybridized carbons (Fsp3) is 0.235. The summed E-state index contributed by atoms with van der Waals surface area (Å²) >= 11 is 5.84. The first-order valence-electron chi connectivity index (χ1n) is 7.38. The van der Waals surface area contributed by atoms with Crippen LogP contribution in [-0.4, -0.2) is 26.3 Å². The van der Waals surface area contributed by atoms with E-state index in [1.165, 1.54) is 28.7 Å². The van der Waals surface area contributed by atoms with Crippen molar-refractivity contribution in [1.29, 1.82) is 0 Å². The molecule has 0 fully saturated rings. The SMILES string of the molecule is CCc1ccc(CN(C)C(=O)c2ccc(Cl)c(S(N)(=O)=O)c2)cc1. The second kappa shape index (κ2) is 7.34. The molecule has 0 aliphatic heterocycles. The number of sulfonamides is 1. The van der Waals surface area contributed by atoms with Gasteiger partial charge in [0.25, 0.3) is 5.91 Å². The van der Waals surface area contributed by atoms with Crippen molar-refractivity contribution in [1.82, 2.24) is 4.90 Å². The van der Waals surface area contributed by atoms with Crippen molar-refractivity contribution < 1.29 is 13.2 Å². The number of nitrogens with two attached hydrogens (primary N) is 1. The van der Waals surface area contributed by atoms with Gasteiger partial charge >= 0.3 is 0 Å². The molecule has 7 heteroatoms. The van der Waals surface area contributed by atoms with E-state index in [4.69, 9.17) is 16.7 Å². The minimum atomic E-state index is -3.98. The summed E-state index contributed by atoms with van der Waals surface area (Å²) < 4.78 is 23.0. The minimum Gasteiger partial charge on any atom is -0.337 e. The van der Waals surface area contributed by atoms with E-state index in [1.807, 2.05) is 24.3 Å². The molecule has 0 saturated heterocycles. The Kier molecular flexibility index (Phi) is 5.64. The quantitative estimate of drug-likeness (QED) is 0.883. The topological polar surface area (TPSA) is 80.5 Å². The van der Waals surface area contributed by atoms with Crippen molar-refractivity contribution in [2.24, 2.45) is 5.14 Å². The van der Waals surface area contributed by atoms with Gasteiger partial charge in [-0.1, -0.05) is 42.8 Å². The van der Waals surface area contributed by atoms with Gasteiger partial charge in [-0.25, -0.2) is 13.6 Å². The molecular weight excluding hydrogens is 348 g/mol. The Hall–Kier alpha value is -1.89. The maximum absolute atomic E-state index is 12.5. The summed E-state index contributed by atoms with van der Waals surface area (Å²) in [6.45, 7) is 2.49. The van der Waals surface area contributed by atoms with Crippen LogP contribution in [0.4, 0.5) is 0 Å². The largest absolute Gasteiger partial charge is 0.337 e. The third kappa shape index (κ3) is 4.35. The normalized spacial score (nSPS) is 11.3. The average Bonchev–Trinajstić information content (AvgIpc) is 2.54. The van der Waals surface area contributed by atoms with Gasteiger partial charge in [-0.3, -0.25) is 4.79 Å². The van der Waals surface area contributed by atoms with Gasteiger partial charge in [-0.15, -0.1) is 0 Å². The Balaban J connectivity index is 2.21. The predicted molar refractivity (Wildman–Crippen MR) is 94.4 cm³/mol. The van der Waals surface area contributed by atoms with E-state index >= 15 is 0 Å². The molecule has 0 atom stereocenters. The van der Waals surface area contributed by atoms with Gasteiger partial charge in [0.15, 0.2) is 0 Å². The molecule has 0 unspecified atom stereocenters. The average molecular weight is 367 g/mol. The number of amides is 1. The molecule has 0 aromatic heterocycles. The van der Waals surface area contributed by atoms with E-state index in [9.17, 15) is 13.2 Å². The van der Waals surface area contributed by atoms with E-state index in [2.05, 4.69) is 6.92 Å². The maximum Gasteiger partial charge on any atom is 0.253 e. The second-order valence-electron chi connectivity index (χ2n) is 5.52. The molecule has 0 heterocycles. The Morgan fingerprint density at radius 3 is 2.25 bits per heavy atom. The van der Waals surface area contributed by atoms with Crippen molar-refractivity contribution in [2.75, 3.05) is 7.05 Å². The zero-order valence-electron chi connectivity index (χ0n) is 13.5. The molecule has 1 amide bonds. The third-order valence-electron chi connectivity index (χ3n) is 3.68. The van der Waals surface area contributed by atoms with Crippen molar-refractivity contribution >= 4 is 27.5 Å². The molecule has 128 valence electrons. The van der Waals surface area contributed by atoms with E-state index in [0.717, 1.165) is 12.0 Å². The molecule has 2 aromatic carbocycles. The van der Waals surface area contributed by atoms with Gasteiger partial charge in [0.1, 0.15) is 4.90 Å². The Labute approximate surface area is 147 Å². The minimum absolute atomic E-state index is 0.00754. The third-order valence-corrected chi connectivity index (χ3v) is 5.07. The molecule has 0 aliphatic carbocycles. The molecule has 2 rings (SSSR count). The number of halogens is 1. The van der Waals surface area contributed by atoms with E-state index in [1.54, 1.807) is 7.05 Å². The van der Waals surface area contributed by atoms with Crippen LogP contribution in [0.25, 0.3) is 0 Å². The lowest BCUT2D eigenvalue weighted by Gasteiger charge is -2.18. The van der Waals surface area contributed by atoms with Crippen LogP contribution in [0.15, 0.2) is 47.4 Å². The summed E-state index contributed by atoms with van der Waals surface area (Å²) in [6.07, 6.45) is 0.955. The monoisotopic (exact) mass is 366 g/mol. The summed E-state index contributed by atoms with van der Waals surface area (Å²) in [5.41, 5.74) is 2.43. The van der Waals surface area contributed by atoms with Crippen LogP contribution >= 0.6 is 11.6 Å². The molecule has 5 nitrogen and oxygen atoms in total. The Morgan fingerprint density at radius 2 is 1.71 bits per heavy atom. The lowest BCUT2D eigenvalue weighted by Crippen LogP contribution is -2.26. The summed E-state index contributed by atoms with van der Waals surface area (Å²) in [6, 6.07) is 12.0. The highest BCUT2D eigenvalue weighted by atomic mass is 35.5. The summed E-state index contributed by atoms with van der Waals surface area (Å²) in [5, 5.41) is 5.11. The zero-order valence-corrected chi connectivity index (χ0v) is 15.1. The van der Waals surface area contributed by atoms with Crippen LogP contribution in [0.1, 0.15) is 28.4 Å². The molecule has 2 aromatic rings. The first kappa shape index (κ1) is 18.4. The fourth-order valence-corrected chi connectivity index (χ4v) is 3.37. The molecule has 2 N–H and O–H groups in total. The Bertz CT molecular complexity index is 849. The van der Waals surface area contributed by atoms with Gasteiger partial charge in [0, 0.05) is 19.2 Å². The Morgan fingerprint density at radius 1 is 1.12 bits per heavy atom. The number of carbonyl (C=O) groups excluding carboxylic acids is 1. The van der Waals surface area contributed by atoms with Crippen LogP contribution in [0, 0.1) is 0 Å². The van der Waals surface area contributed by atoms with Crippen molar-refractivity contribution in [3.05, 3.63) is 64.2 Å². The van der Waals surface area contributed by atoms with Crippen molar-refractivity contribution in [2.45, 2.75) is 24.8 Å². The van der Waals surface area contributed by atoms with Gasteiger partial charge in [0.05, 0.1) is 5.02 Å². The number of carbonyl (C=O) groups is 1. The van der Waals surface area contributed by atoms with Crippen molar-refractivity contribution in [3.63, 3.8) is 0 Å². The highest BCUT2D eigenvalue weighted by Gasteiger charge is 2.18. The van der Waals surface area contributed by atoms with Gasteiger partial charge < -0.3 is 4.90 Å². The van der Waals surface area contributed by atoms with Gasteiger partial charge in [-0.05, 0) is 35.7 Å². The summed E-state index contributed by atoms with van der Waals surface area (Å²) in [5.74, 6) is -0.309. The first-order chi connectivity index (χ1) is 11.2. The molecular formula is C17H19ClN2O3S. The predicted octanol–water partition coefficient (Wildman–Crippen LogP) is 2.82. The molecule has 0 bridgehead atoms. The number of aryl methyl sites for hydroxylation is 1. The highest BCUT2D eigenvalue weighted by molar-refractivity contribution is 7.89.